The van der Waals surface area contributed by atoms with Gasteiger partial charge in [0.2, 0.25) is 0 Å². The highest BCUT2D eigenvalue weighted by Crippen LogP contribution is 2.39. The molecule has 0 spiro atoms. The van der Waals surface area contributed by atoms with Crippen molar-refractivity contribution in [2.45, 2.75) is 64.3 Å². The molecule has 0 aliphatic carbocycles. The highest BCUT2D eigenvalue weighted by molar-refractivity contribution is 5.64. The van der Waals surface area contributed by atoms with Gasteiger partial charge in [-0.15, -0.1) is 0 Å². The summed E-state index contributed by atoms with van der Waals surface area (Å²) in [6.45, 7) is 9.43. The molecule has 0 radical (unpaired) electrons. The maximum Gasteiger partial charge on any atom is 0.405 e. The van der Waals surface area contributed by atoms with Crippen molar-refractivity contribution in [2.24, 2.45) is 5.73 Å². The first-order chi connectivity index (χ1) is 10.7. The van der Waals surface area contributed by atoms with Crippen LogP contribution in [0.5, 0.6) is 0 Å². The predicted octanol–water partition coefficient (Wildman–Crippen LogP) is 3.28. The molecule has 23 heavy (non-hydrogen) atoms. The fraction of sp³-hybridized carbons (Fsp3) is 0.611. The van der Waals surface area contributed by atoms with Crippen molar-refractivity contribution < 1.29 is 14.3 Å². The predicted molar refractivity (Wildman–Crippen MR) is 89.8 cm³/mol. The second-order valence-electron chi connectivity index (χ2n) is 7.47. The van der Waals surface area contributed by atoms with E-state index in [1.54, 1.807) is 0 Å². The summed E-state index contributed by atoms with van der Waals surface area (Å²) in [5.41, 5.74) is 6.02. The molecule has 0 saturated carbocycles. The zero-order valence-corrected chi connectivity index (χ0v) is 14.5. The average Bonchev–Trinajstić information content (AvgIpc) is 2.43. The van der Waals surface area contributed by atoms with E-state index in [4.69, 9.17) is 15.2 Å². The van der Waals surface area contributed by atoms with Gasteiger partial charge in [-0.25, -0.2) is 4.79 Å². The lowest BCUT2D eigenvalue weighted by Gasteiger charge is -2.54. The van der Waals surface area contributed by atoms with Gasteiger partial charge in [-0.3, -0.25) is 4.90 Å². The van der Waals surface area contributed by atoms with Gasteiger partial charge < -0.3 is 15.2 Å². The molecule has 1 aromatic carbocycles. The van der Waals surface area contributed by atoms with Crippen LogP contribution in [-0.4, -0.2) is 34.9 Å². The third-order valence-corrected chi connectivity index (χ3v) is 4.58. The van der Waals surface area contributed by atoms with Crippen LogP contribution in [0.1, 0.15) is 46.1 Å². The number of hydrogen-bond acceptors (Lipinski definition) is 4. The molecule has 1 aromatic rings. The molecule has 128 valence electrons. The molecule has 0 unspecified atom stereocenters. The Balaban J connectivity index is 2.00. The molecule has 5 nitrogen and oxygen atoms in total. The minimum absolute atomic E-state index is 0.140. The molecule has 1 aliphatic heterocycles. The van der Waals surface area contributed by atoms with Crippen molar-refractivity contribution in [1.82, 2.24) is 4.90 Å². The average molecular weight is 320 g/mol. The Morgan fingerprint density at radius 3 is 2.26 bits per heavy atom. The van der Waals surface area contributed by atoms with Gasteiger partial charge in [0.05, 0.1) is 12.7 Å². The van der Waals surface area contributed by atoms with E-state index in [1.807, 2.05) is 18.2 Å². The summed E-state index contributed by atoms with van der Waals surface area (Å²) in [6.07, 6.45) is 1.20. The van der Waals surface area contributed by atoms with Crippen LogP contribution in [0, 0.1) is 0 Å². The second kappa shape index (κ2) is 6.89. The van der Waals surface area contributed by atoms with E-state index in [0.717, 1.165) is 12.8 Å². The fourth-order valence-corrected chi connectivity index (χ4v) is 3.61. The maximum absolute atomic E-state index is 10.9. The number of amides is 1. The molecule has 0 atom stereocenters. The third kappa shape index (κ3) is 4.69. The number of nitrogens with two attached hydrogens (primary N) is 1. The van der Waals surface area contributed by atoms with Crippen molar-refractivity contribution in [2.75, 3.05) is 6.73 Å². The molecule has 5 heteroatoms. The van der Waals surface area contributed by atoms with Gasteiger partial charge in [0.1, 0.15) is 6.73 Å². The number of benzene rings is 1. The van der Waals surface area contributed by atoms with Crippen molar-refractivity contribution in [3.8, 4) is 0 Å². The summed E-state index contributed by atoms with van der Waals surface area (Å²) < 4.78 is 11.2. The summed E-state index contributed by atoms with van der Waals surface area (Å²) >= 11 is 0. The van der Waals surface area contributed by atoms with Gasteiger partial charge in [-0.1, -0.05) is 30.3 Å². The monoisotopic (exact) mass is 320 g/mol. The number of carbonyl (C=O) groups is 1. The number of primary amides is 1. The standard InChI is InChI=1S/C18H28N2O3/c1-17(2)10-15(22-12-14-8-6-5-7-9-14)11-18(3,4)20(17)13-23-16(19)21/h5-9,15H,10-13H2,1-4H3,(H2,19,21). The Labute approximate surface area is 138 Å². The lowest BCUT2D eigenvalue weighted by Crippen LogP contribution is -2.62. The van der Waals surface area contributed by atoms with E-state index in [9.17, 15) is 4.79 Å². The van der Waals surface area contributed by atoms with Crippen LogP contribution < -0.4 is 5.73 Å². The Hall–Kier alpha value is -1.59. The largest absolute Gasteiger partial charge is 0.433 e. The molecule has 1 aliphatic rings. The van der Waals surface area contributed by atoms with Crippen LogP contribution in [0.25, 0.3) is 0 Å². The number of piperidine rings is 1. The van der Waals surface area contributed by atoms with Gasteiger partial charge in [0.15, 0.2) is 0 Å². The van der Waals surface area contributed by atoms with E-state index >= 15 is 0 Å². The first-order valence-corrected chi connectivity index (χ1v) is 8.06. The molecule has 2 N–H and O–H groups in total. The van der Waals surface area contributed by atoms with Gasteiger partial charge in [-0.2, -0.15) is 0 Å². The summed E-state index contributed by atoms with van der Waals surface area (Å²) in [5, 5.41) is 0. The molecule has 0 aromatic heterocycles. The summed E-state index contributed by atoms with van der Waals surface area (Å²) in [4.78, 5) is 13.1. The maximum atomic E-state index is 10.9. The number of hydrogen-bond donors (Lipinski definition) is 1. The van der Waals surface area contributed by atoms with Crippen LogP contribution in [0.3, 0.4) is 0 Å². The first-order valence-electron chi connectivity index (χ1n) is 8.06. The van der Waals surface area contributed by atoms with E-state index in [2.05, 4.69) is 44.7 Å². The SMILES string of the molecule is CC1(C)CC(OCc2ccccc2)CC(C)(C)N1COC(N)=O. The smallest absolute Gasteiger partial charge is 0.405 e. The lowest BCUT2D eigenvalue weighted by atomic mass is 9.78. The van der Waals surface area contributed by atoms with Gasteiger partial charge in [-0.05, 0) is 46.1 Å². The minimum atomic E-state index is -0.737. The second-order valence-corrected chi connectivity index (χ2v) is 7.47. The molecule has 1 fully saturated rings. The van der Waals surface area contributed by atoms with Crippen LogP contribution in [0.4, 0.5) is 4.79 Å². The normalized spacial score (nSPS) is 21.0. The van der Waals surface area contributed by atoms with Crippen LogP contribution in [0.2, 0.25) is 0 Å². The fourth-order valence-electron chi connectivity index (χ4n) is 3.61. The Morgan fingerprint density at radius 1 is 1.17 bits per heavy atom. The van der Waals surface area contributed by atoms with Crippen molar-refractivity contribution in [1.29, 1.82) is 0 Å². The quantitative estimate of drug-likeness (QED) is 0.904. The van der Waals surface area contributed by atoms with E-state index in [1.165, 1.54) is 5.56 Å². The number of ether oxygens (including phenoxy) is 2. The van der Waals surface area contributed by atoms with Crippen LogP contribution in [0.15, 0.2) is 30.3 Å². The van der Waals surface area contributed by atoms with Gasteiger partial charge in [0, 0.05) is 11.1 Å². The molecular formula is C18H28N2O3. The molecule has 2 rings (SSSR count). The highest BCUT2D eigenvalue weighted by atomic mass is 16.6. The molecular weight excluding hydrogens is 292 g/mol. The molecule has 0 bridgehead atoms. The summed E-state index contributed by atoms with van der Waals surface area (Å²) in [5.74, 6) is 0. The van der Waals surface area contributed by atoms with E-state index < -0.39 is 6.09 Å². The van der Waals surface area contributed by atoms with E-state index in [0.29, 0.717) is 6.61 Å². The Bertz CT molecular complexity index is 510. The zero-order valence-electron chi connectivity index (χ0n) is 14.5. The first kappa shape index (κ1) is 17.8. The number of likely N-dealkylation sites (tertiary alicyclic amines) is 1. The lowest BCUT2D eigenvalue weighted by molar-refractivity contribution is -0.136. The Kier molecular flexibility index (Phi) is 5.32. The zero-order chi connectivity index (χ0) is 17.1. The molecule has 1 saturated heterocycles. The highest BCUT2D eigenvalue weighted by Gasteiger charge is 2.46. The van der Waals surface area contributed by atoms with Gasteiger partial charge in [0.25, 0.3) is 0 Å². The summed E-state index contributed by atoms with van der Waals surface area (Å²) in [6, 6.07) is 10.2. The third-order valence-electron chi connectivity index (χ3n) is 4.58. The van der Waals surface area contributed by atoms with E-state index in [-0.39, 0.29) is 23.9 Å². The summed E-state index contributed by atoms with van der Waals surface area (Å²) in [7, 11) is 0. The van der Waals surface area contributed by atoms with Crippen molar-refractivity contribution in [3.05, 3.63) is 35.9 Å². The minimum Gasteiger partial charge on any atom is -0.433 e. The van der Waals surface area contributed by atoms with Crippen LogP contribution in [-0.2, 0) is 16.1 Å². The van der Waals surface area contributed by atoms with Gasteiger partial charge >= 0.3 is 6.09 Å². The van der Waals surface area contributed by atoms with Crippen LogP contribution >= 0.6 is 0 Å². The van der Waals surface area contributed by atoms with Crippen molar-refractivity contribution in [3.63, 3.8) is 0 Å². The number of rotatable bonds is 5. The Morgan fingerprint density at radius 2 is 1.74 bits per heavy atom. The molecule has 1 amide bonds. The number of carbonyl (C=O) groups excluding carboxylic acids is 1. The topological polar surface area (TPSA) is 64.8 Å². The number of nitrogens with zero attached hydrogens (tertiary/aromatic N) is 1. The van der Waals surface area contributed by atoms with Crippen molar-refractivity contribution >= 4 is 6.09 Å². The molecule has 1 heterocycles.